The molecule has 0 fully saturated rings. The molecule has 0 aromatic carbocycles. The molecular formula is C5H7NS. The molecule has 0 aliphatic heterocycles. The van der Waals surface area contributed by atoms with E-state index in [9.17, 15) is 0 Å². The Labute approximate surface area is 48.5 Å². The third kappa shape index (κ3) is 0.800. The molecule has 0 amide bonds. The van der Waals surface area contributed by atoms with Crippen molar-refractivity contribution in [2.45, 2.75) is 6.92 Å². The summed E-state index contributed by atoms with van der Waals surface area (Å²) in [6, 6.07) is 3.97. The highest BCUT2D eigenvalue weighted by molar-refractivity contribution is 7.78. The zero-order valence-electron chi connectivity index (χ0n) is 4.13. The van der Waals surface area contributed by atoms with Crippen molar-refractivity contribution in [3.8, 4) is 0 Å². The fourth-order valence-corrected chi connectivity index (χ4v) is 0.601. The van der Waals surface area contributed by atoms with Crippen molar-refractivity contribution >= 4 is 12.8 Å². The van der Waals surface area contributed by atoms with E-state index in [2.05, 4.69) is 12.8 Å². The molecule has 0 radical (unpaired) electrons. The van der Waals surface area contributed by atoms with Crippen LogP contribution in [0, 0.1) is 6.92 Å². The lowest BCUT2D eigenvalue weighted by Gasteiger charge is -1.87. The molecule has 0 spiro atoms. The molecule has 0 aliphatic carbocycles. The zero-order chi connectivity index (χ0) is 5.28. The summed E-state index contributed by atoms with van der Waals surface area (Å²) in [6.45, 7) is 2.01. The van der Waals surface area contributed by atoms with Gasteiger partial charge in [-0.05, 0) is 19.1 Å². The number of hydrogen-bond acceptors (Lipinski definition) is 1. The highest BCUT2D eigenvalue weighted by Crippen LogP contribution is 1.98. The summed E-state index contributed by atoms with van der Waals surface area (Å²) in [5.74, 6) is 0. The van der Waals surface area contributed by atoms with E-state index < -0.39 is 0 Å². The predicted molar refractivity (Wildman–Crippen MR) is 33.6 cm³/mol. The second kappa shape index (κ2) is 1.62. The Bertz CT molecular complexity index is 140. The minimum atomic E-state index is 1.17. The number of thiol groups is 1. The lowest BCUT2D eigenvalue weighted by Crippen LogP contribution is -1.76. The molecule has 38 valence electrons. The molecule has 0 bridgehead atoms. The molecule has 0 aliphatic rings. The van der Waals surface area contributed by atoms with Crippen molar-refractivity contribution in [2.24, 2.45) is 0 Å². The lowest BCUT2D eigenvalue weighted by atomic mass is 10.5. The molecule has 1 aromatic rings. The maximum absolute atomic E-state index is 4.07. The second-order valence-electron chi connectivity index (χ2n) is 1.49. The van der Waals surface area contributed by atoms with Gasteiger partial charge < -0.3 is 0 Å². The molecule has 1 heterocycles. The standard InChI is InChI=1S/C5H7NS/c1-5-3-2-4-6(5)7/h2-4,7H,1H3. The molecule has 0 N–H and O–H groups in total. The van der Waals surface area contributed by atoms with Crippen LogP contribution < -0.4 is 0 Å². The van der Waals surface area contributed by atoms with Gasteiger partial charge in [0, 0.05) is 11.9 Å². The third-order valence-electron chi connectivity index (χ3n) is 0.926. The molecule has 1 nitrogen and oxygen atoms in total. The summed E-state index contributed by atoms with van der Waals surface area (Å²) in [7, 11) is 0. The number of aryl methyl sites for hydroxylation is 1. The first-order chi connectivity index (χ1) is 3.30. The maximum Gasteiger partial charge on any atom is 0.0259 e. The average Bonchev–Trinajstić information content (AvgIpc) is 1.91. The van der Waals surface area contributed by atoms with Crippen molar-refractivity contribution in [3.05, 3.63) is 24.0 Å². The number of rotatable bonds is 0. The van der Waals surface area contributed by atoms with E-state index in [0.29, 0.717) is 0 Å². The topological polar surface area (TPSA) is 4.93 Å². The molecular weight excluding hydrogens is 106 g/mol. The molecule has 7 heavy (non-hydrogen) atoms. The van der Waals surface area contributed by atoms with Gasteiger partial charge in [-0.25, -0.2) is 0 Å². The van der Waals surface area contributed by atoms with Gasteiger partial charge in [-0.15, -0.1) is 0 Å². The van der Waals surface area contributed by atoms with Crippen LogP contribution in [0.4, 0.5) is 0 Å². The summed E-state index contributed by atoms with van der Waals surface area (Å²) in [5.41, 5.74) is 1.17. The van der Waals surface area contributed by atoms with Crippen LogP contribution in [-0.2, 0) is 0 Å². The average molecular weight is 113 g/mol. The number of hydrogen-bond donors (Lipinski definition) is 1. The normalized spacial score (nSPS) is 9.43. The predicted octanol–water partition coefficient (Wildman–Crippen LogP) is 1.49. The summed E-state index contributed by atoms with van der Waals surface area (Å²) in [5, 5.41) is 0. The van der Waals surface area contributed by atoms with Gasteiger partial charge in [-0.2, -0.15) is 0 Å². The SMILES string of the molecule is Cc1cccn1S. The largest absolute Gasteiger partial charge is 0.299 e. The van der Waals surface area contributed by atoms with Crippen molar-refractivity contribution in [2.75, 3.05) is 0 Å². The first kappa shape index (κ1) is 4.78. The van der Waals surface area contributed by atoms with Gasteiger partial charge in [-0.1, -0.05) is 12.8 Å². The molecule has 1 rings (SSSR count). The van der Waals surface area contributed by atoms with E-state index in [1.54, 1.807) is 3.97 Å². The van der Waals surface area contributed by atoms with Crippen molar-refractivity contribution in [1.82, 2.24) is 3.97 Å². The van der Waals surface area contributed by atoms with Gasteiger partial charge in [0.05, 0.1) is 0 Å². The molecule has 1 aromatic heterocycles. The van der Waals surface area contributed by atoms with E-state index >= 15 is 0 Å². The Morgan fingerprint density at radius 1 is 1.71 bits per heavy atom. The van der Waals surface area contributed by atoms with E-state index in [4.69, 9.17) is 0 Å². The third-order valence-corrected chi connectivity index (χ3v) is 1.37. The summed E-state index contributed by atoms with van der Waals surface area (Å²) < 4.78 is 1.78. The molecule has 2 heteroatoms. The smallest absolute Gasteiger partial charge is 0.0259 e. The van der Waals surface area contributed by atoms with E-state index in [0.717, 1.165) is 0 Å². The van der Waals surface area contributed by atoms with E-state index in [-0.39, 0.29) is 0 Å². The Morgan fingerprint density at radius 3 is 2.57 bits per heavy atom. The van der Waals surface area contributed by atoms with Crippen molar-refractivity contribution < 1.29 is 0 Å². The summed E-state index contributed by atoms with van der Waals surface area (Å²) in [6.07, 6.45) is 1.90. The first-order valence-corrected chi connectivity index (χ1v) is 2.54. The van der Waals surface area contributed by atoms with Crippen LogP contribution in [0.2, 0.25) is 0 Å². The maximum atomic E-state index is 4.07. The molecule has 0 atom stereocenters. The van der Waals surface area contributed by atoms with E-state index in [1.165, 1.54) is 5.69 Å². The van der Waals surface area contributed by atoms with Gasteiger partial charge in [-0.3, -0.25) is 3.97 Å². The van der Waals surface area contributed by atoms with Crippen LogP contribution >= 0.6 is 12.8 Å². The van der Waals surface area contributed by atoms with Gasteiger partial charge in [0.1, 0.15) is 0 Å². The molecule has 0 saturated heterocycles. The quantitative estimate of drug-likeness (QED) is 0.486. The van der Waals surface area contributed by atoms with Crippen LogP contribution in [0.3, 0.4) is 0 Å². The second-order valence-corrected chi connectivity index (χ2v) is 1.93. The first-order valence-electron chi connectivity index (χ1n) is 2.14. The number of nitrogens with zero attached hydrogens (tertiary/aromatic N) is 1. The van der Waals surface area contributed by atoms with Crippen molar-refractivity contribution in [3.63, 3.8) is 0 Å². The van der Waals surface area contributed by atoms with Crippen LogP contribution in [-0.4, -0.2) is 3.97 Å². The van der Waals surface area contributed by atoms with Gasteiger partial charge in [0.25, 0.3) is 0 Å². The molecule has 0 unspecified atom stereocenters. The van der Waals surface area contributed by atoms with Gasteiger partial charge >= 0.3 is 0 Å². The monoisotopic (exact) mass is 113 g/mol. The summed E-state index contributed by atoms with van der Waals surface area (Å²) >= 11 is 4.07. The minimum Gasteiger partial charge on any atom is -0.299 e. The highest BCUT2D eigenvalue weighted by atomic mass is 32.1. The Hall–Kier alpha value is -0.370. The fourth-order valence-electron chi connectivity index (χ4n) is 0.458. The van der Waals surface area contributed by atoms with Crippen LogP contribution in [0.1, 0.15) is 5.69 Å². The van der Waals surface area contributed by atoms with Crippen LogP contribution in [0.25, 0.3) is 0 Å². The number of aromatic nitrogens is 1. The van der Waals surface area contributed by atoms with E-state index in [1.807, 2.05) is 25.3 Å². The molecule has 0 saturated carbocycles. The Kier molecular flexibility index (Phi) is 1.11. The van der Waals surface area contributed by atoms with Crippen molar-refractivity contribution in [1.29, 1.82) is 0 Å². The van der Waals surface area contributed by atoms with Crippen LogP contribution in [0.5, 0.6) is 0 Å². The lowest BCUT2D eigenvalue weighted by molar-refractivity contribution is 1.19. The minimum absolute atomic E-state index is 1.17. The Morgan fingerprint density at radius 2 is 2.43 bits per heavy atom. The Balaban J connectivity index is 3.12. The van der Waals surface area contributed by atoms with Crippen LogP contribution in [0.15, 0.2) is 18.3 Å². The zero-order valence-corrected chi connectivity index (χ0v) is 5.02. The van der Waals surface area contributed by atoms with Gasteiger partial charge in [0.2, 0.25) is 0 Å². The highest BCUT2D eigenvalue weighted by Gasteiger charge is 1.83. The van der Waals surface area contributed by atoms with Gasteiger partial charge in [0.15, 0.2) is 0 Å². The summed E-state index contributed by atoms with van der Waals surface area (Å²) in [4.78, 5) is 0. The fraction of sp³-hybridized carbons (Fsp3) is 0.200.